The molecule has 0 radical (unpaired) electrons. The molecule has 0 bridgehead atoms. The molecule has 1 unspecified atom stereocenters. The second kappa shape index (κ2) is 8.93. The number of hydrogen-bond acceptors (Lipinski definition) is 4. The van der Waals surface area contributed by atoms with Crippen molar-refractivity contribution in [1.82, 2.24) is 0 Å². The fourth-order valence-electron chi connectivity index (χ4n) is 2.84. The second-order valence-corrected chi connectivity index (χ2v) is 7.02. The predicted octanol–water partition coefficient (Wildman–Crippen LogP) is 4.22. The van der Waals surface area contributed by atoms with E-state index in [1.165, 1.54) is 25.3 Å². The summed E-state index contributed by atoms with van der Waals surface area (Å²) in [7, 11) is 1.18. The van der Waals surface area contributed by atoms with Gasteiger partial charge < -0.3 is 9.29 Å². The minimum atomic E-state index is -2.64. The highest BCUT2D eigenvalue weighted by molar-refractivity contribution is 7.80. The summed E-state index contributed by atoms with van der Waals surface area (Å²) < 4.78 is 56.0. The van der Waals surface area contributed by atoms with Gasteiger partial charge in [-0.25, -0.2) is 13.6 Å². The van der Waals surface area contributed by atoms with E-state index in [-0.39, 0.29) is 23.5 Å². The molecule has 3 aromatic carbocycles. The topological polar surface area (TPSA) is 69.7 Å². The smallest absolute Gasteiger partial charge is 0.337 e. The Morgan fingerprint density at radius 3 is 2.10 bits per heavy atom. The summed E-state index contributed by atoms with van der Waals surface area (Å²) in [5.41, 5.74) is 2.20. The molecule has 0 heterocycles. The number of carbonyl (C=O) groups is 1. The van der Waals surface area contributed by atoms with Crippen molar-refractivity contribution >= 4 is 22.9 Å². The minimum absolute atomic E-state index is 0.00853. The average molecular weight is 416 g/mol. The van der Waals surface area contributed by atoms with Crippen LogP contribution < -0.4 is 4.31 Å². The Balaban J connectivity index is 1.87. The fourth-order valence-corrected chi connectivity index (χ4v) is 3.38. The fraction of sp³-hybridized carbons (Fsp3) is 0.0952. The molecule has 3 rings (SSSR count). The van der Waals surface area contributed by atoms with Crippen molar-refractivity contribution in [2.24, 2.45) is 0 Å². The van der Waals surface area contributed by atoms with Gasteiger partial charge in [0.2, 0.25) is 0 Å². The molecule has 0 saturated heterocycles. The highest BCUT2D eigenvalue weighted by Crippen LogP contribution is 2.25. The molecule has 3 aromatic rings. The van der Waals surface area contributed by atoms with Gasteiger partial charge in [-0.05, 0) is 59.2 Å². The van der Waals surface area contributed by atoms with Gasteiger partial charge in [0.15, 0.2) is 0 Å². The van der Waals surface area contributed by atoms with Crippen LogP contribution in [0.25, 0.3) is 11.1 Å². The van der Waals surface area contributed by atoms with E-state index in [0.717, 1.165) is 27.6 Å². The first-order valence-corrected chi connectivity index (χ1v) is 9.51. The van der Waals surface area contributed by atoms with Gasteiger partial charge in [0.25, 0.3) is 0 Å². The zero-order valence-electron chi connectivity index (χ0n) is 15.3. The molecule has 150 valence electrons. The lowest BCUT2D eigenvalue weighted by atomic mass is 10.1. The Bertz CT molecular complexity index is 1040. The highest BCUT2D eigenvalue weighted by Gasteiger charge is 2.13. The SMILES string of the molecule is COC(=O)c1cc(F)cc(CN(c2ccc(-c3ccc(F)cc3)cc2)S(=O)[O-])c1. The summed E-state index contributed by atoms with van der Waals surface area (Å²) in [6, 6.07) is 16.1. The molecule has 0 N–H and O–H groups in total. The predicted molar refractivity (Wildman–Crippen MR) is 105 cm³/mol. The molecule has 8 heteroatoms. The number of carbonyl (C=O) groups excluding carboxylic acids is 1. The van der Waals surface area contributed by atoms with Gasteiger partial charge in [0.05, 0.1) is 19.2 Å². The molecule has 0 aromatic heterocycles. The van der Waals surface area contributed by atoms with Crippen LogP contribution in [0.3, 0.4) is 0 Å². The number of nitrogens with zero attached hydrogens (tertiary/aromatic N) is 1. The molecule has 0 fully saturated rings. The second-order valence-electron chi connectivity index (χ2n) is 6.15. The van der Waals surface area contributed by atoms with Gasteiger partial charge in [0, 0.05) is 17.0 Å². The largest absolute Gasteiger partial charge is 0.755 e. The Morgan fingerprint density at radius 2 is 1.55 bits per heavy atom. The first kappa shape index (κ1) is 20.6. The van der Waals surface area contributed by atoms with E-state index in [0.29, 0.717) is 5.69 Å². The third-order valence-corrected chi connectivity index (χ3v) is 4.92. The lowest BCUT2D eigenvalue weighted by Gasteiger charge is -2.27. The van der Waals surface area contributed by atoms with E-state index in [2.05, 4.69) is 4.74 Å². The lowest BCUT2D eigenvalue weighted by molar-refractivity contribution is 0.0600. The Labute approximate surface area is 169 Å². The zero-order valence-corrected chi connectivity index (χ0v) is 16.1. The van der Waals surface area contributed by atoms with Crippen LogP contribution in [-0.2, 0) is 22.5 Å². The summed E-state index contributed by atoms with van der Waals surface area (Å²) in [4.78, 5) is 11.7. The molecule has 0 aliphatic heterocycles. The van der Waals surface area contributed by atoms with Crippen molar-refractivity contribution in [2.45, 2.75) is 6.54 Å². The summed E-state index contributed by atoms with van der Waals surface area (Å²) in [6.45, 7) is -0.173. The number of methoxy groups -OCH3 is 1. The monoisotopic (exact) mass is 416 g/mol. The molecular formula is C21H16F2NO4S-. The van der Waals surface area contributed by atoms with Crippen molar-refractivity contribution in [3.8, 4) is 11.1 Å². The van der Waals surface area contributed by atoms with Crippen LogP contribution in [0.1, 0.15) is 15.9 Å². The van der Waals surface area contributed by atoms with E-state index >= 15 is 0 Å². The van der Waals surface area contributed by atoms with Gasteiger partial charge >= 0.3 is 5.97 Å². The molecule has 0 amide bonds. The third-order valence-electron chi connectivity index (χ3n) is 4.22. The lowest BCUT2D eigenvalue weighted by Crippen LogP contribution is -2.25. The maximum Gasteiger partial charge on any atom is 0.337 e. The molecule has 0 saturated carbocycles. The first-order chi connectivity index (χ1) is 13.9. The van der Waals surface area contributed by atoms with Crippen LogP contribution in [0.15, 0.2) is 66.7 Å². The van der Waals surface area contributed by atoms with Crippen molar-refractivity contribution in [3.63, 3.8) is 0 Å². The Kier molecular flexibility index (Phi) is 6.36. The summed E-state index contributed by atoms with van der Waals surface area (Å²) in [5.74, 6) is -1.74. The number of rotatable bonds is 6. The quantitative estimate of drug-likeness (QED) is 0.446. The number of anilines is 1. The first-order valence-electron chi connectivity index (χ1n) is 8.48. The summed E-state index contributed by atoms with van der Waals surface area (Å²) in [5, 5.41) is 0. The van der Waals surface area contributed by atoms with E-state index < -0.39 is 23.1 Å². The Morgan fingerprint density at radius 1 is 0.966 bits per heavy atom. The van der Waals surface area contributed by atoms with Gasteiger partial charge in [0.1, 0.15) is 11.6 Å². The molecule has 1 atom stereocenters. The van der Waals surface area contributed by atoms with E-state index in [1.54, 1.807) is 36.4 Å². The third kappa shape index (κ3) is 5.04. The molecule has 0 spiro atoms. The molecular weight excluding hydrogens is 400 g/mol. The maximum absolute atomic E-state index is 13.8. The van der Waals surface area contributed by atoms with Crippen LogP contribution in [0.2, 0.25) is 0 Å². The van der Waals surface area contributed by atoms with Crippen molar-refractivity contribution < 1.29 is 27.1 Å². The average Bonchev–Trinajstić information content (AvgIpc) is 2.71. The van der Waals surface area contributed by atoms with Crippen molar-refractivity contribution in [1.29, 1.82) is 0 Å². The molecule has 5 nitrogen and oxygen atoms in total. The molecule has 29 heavy (non-hydrogen) atoms. The van der Waals surface area contributed by atoms with Gasteiger partial charge in [-0.15, -0.1) is 0 Å². The highest BCUT2D eigenvalue weighted by atomic mass is 32.2. The van der Waals surface area contributed by atoms with Crippen LogP contribution in [-0.4, -0.2) is 21.8 Å². The van der Waals surface area contributed by atoms with Crippen LogP contribution in [0.4, 0.5) is 14.5 Å². The maximum atomic E-state index is 13.8. The number of halogens is 2. The van der Waals surface area contributed by atoms with Crippen LogP contribution in [0.5, 0.6) is 0 Å². The normalized spacial score (nSPS) is 11.7. The van der Waals surface area contributed by atoms with E-state index in [4.69, 9.17) is 0 Å². The number of benzene rings is 3. The van der Waals surface area contributed by atoms with E-state index in [1.807, 2.05) is 0 Å². The number of hydrogen-bond donors (Lipinski definition) is 0. The van der Waals surface area contributed by atoms with Crippen LogP contribution >= 0.6 is 0 Å². The summed E-state index contributed by atoms with van der Waals surface area (Å²) in [6.07, 6.45) is 0. The van der Waals surface area contributed by atoms with Gasteiger partial charge in [-0.2, -0.15) is 0 Å². The molecule has 0 aliphatic carbocycles. The van der Waals surface area contributed by atoms with Crippen molar-refractivity contribution in [2.75, 3.05) is 11.4 Å². The van der Waals surface area contributed by atoms with Gasteiger partial charge in [-0.1, -0.05) is 24.3 Å². The van der Waals surface area contributed by atoms with E-state index in [9.17, 15) is 22.3 Å². The zero-order chi connectivity index (χ0) is 21.0. The number of ether oxygens (including phenoxy) is 1. The number of esters is 1. The van der Waals surface area contributed by atoms with Crippen LogP contribution in [0, 0.1) is 11.6 Å². The standard InChI is InChI=1S/C21H17F2NO4S/c1-28-21(25)17-10-14(11-19(23)12-17)13-24(29(26)27)20-8-4-16(5-9-20)15-2-6-18(22)7-3-15/h2-12H,13H2,1H3,(H,26,27)/p-1. The van der Waals surface area contributed by atoms with Gasteiger partial charge in [-0.3, -0.25) is 8.51 Å². The Hall–Kier alpha value is -3.10. The molecule has 0 aliphatic rings. The summed E-state index contributed by atoms with van der Waals surface area (Å²) >= 11 is -2.64. The minimum Gasteiger partial charge on any atom is -0.755 e. The van der Waals surface area contributed by atoms with Crippen molar-refractivity contribution in [3.05, 3.63) is 89.5 Å².